The third kappa shape index (κ3) is 4.75. The number of hydrogen-bond acceptors (Lipinski definition) is 5. The molecule has 1 rings (SSSR count). The van der Waals surface area contributed by atoms with Crippen molar-refractivity contribution >= 4 is 5.97 Å². The molecule has 1 N–H and O–H groups in total. The lowest BCUT2D eigenvalue weighted by Gasteiger charge is -2.35. The van der Waals surface area contributed by atoms with E-state index in [-0.39, 0.29) is 5.97 Å². The van der Waals surface area contributed by atoms with Gasteiger partial charge in [0.15, 0.2) is 0 Å². The van der Waals surface area contributed by atoms with Crippen LogP contribution in [0.4, 0.5) is 0 Å². The molecule has 1 aliphatic heterocycles. The minimum absolute atomic E-state index is 0.186. The fourth-order valence-electron chi connectivity index (χ4n) is 2.49. The van der Waals surface area contributed by atoms with E-state index in [1.54, 1.807) is 0 Å². The van der Waals surface area contributed by atoms with Crippen LogP contribution in [-0.4, -0.2) is 62.4 Å². The minimum atomic E-state index is -0.594. The average Bonchev–Trinajstić information content (AvgIpc) is 2.44. The summed E-state index contributed by atoms with van der Waals surface area (Å²) in [6.45, 7) is 10.4. The zero-order chi connectivity index (χ0) is 14.3. The smallest absolute Gasteiger partial charge is 0.325 e. The van der Waals surface area contributed by atoms with Gasteiger partial charge < -0.3 is 14.8 Å². The van der Waals surface area contributed by atoms with E-state index in [4.69, 9.17) is 9.47 Å². The van der Waals surface area contributed by atoms with E-state index in [1.165, 1.54) is 7.11 Å². The number of esters is 1. The molecule has 5 heteroatoms. The van der Waals surface area contributed by atoms with Gasteiger partial charge in [0, 0.05) is 19.6 Å². The highest BCUT2D eigenvalue weighted by molar-refractivity contribution is 5.80. The second-order valence-corrected chi connectivity index (χ2v) is 5.31. The second-order valence-electron chi connectivity index (χ2n) is 5.31. The highest BCUT2D eigenvalue weighted by Crippen LogP contribution is 2.15. The lowest BCUT2D eigenvalue weighted by atomic mass is 9.97. The number of rotatable bonds is 7. The van der Waals surface area contributed by atoms with Crippen LogP contribution < -0.4 is 5.32 Å². The molecule has 1 aliphatic rings. The van der Waals surface area contributed by atoms with E-state index < -0.39 is 5.54 Å². The van der Waals surface area contributed by atoms with Crippen molar-refractivity contribution in [3.63, 3.8) is 0 Å². The molecule has 2 atom stereocenters. The van der Waals surface area contributed by atoms with E-state index in [0.29, 0.717) is 6.10 Å². The molecule has 0 aromatic heterocycles. The summed E-state index contributed by atoms with van der Waals surface area (Å²) >= 11 is 0. The van der Waals surface area contributed by atoms with Gasteiger partial charge in [0.2, 0.25) is 0 Å². The van der Waals surface area contributed by atoms with Crippen molar-refractivity contribution in [1.82, 2.24) is 10.2 Å². The van der Waals surface area contributed by atoms with Crippen LogP contribution in [0.2, 0.25) is 0 Å². The molecule has 0 aromatic rings. The molecule has 0 amide bonds. The summed E-state index contributed by atoms with van der Waals surface area (Å²) in [4.78, 5) is 14.3. The van der Waals surface area contributed by atoms with E-state index in [9.17, 15) is 4.79 Å². The van der Waals surface area contributed by atoms with Gasteiger partial charge in [0.05, 0.1) is 19.8 Å². The Bertz CT molecular complexity index is 286. The van der Waals surface area contributed by atoms with Gasteiger partial charge in [-0.25, -0.2) is 0 Å². The Morgan fingerprint density at radius 2 is 2.26 bits per heavy atom. The molecule has 0 radical (unpaired) electrons. The molecule has 1 fully saturated rings. The van der Waals surface area contributed by atoms with Crippen molar-refractivity contribution in [3.05, 3.63) is 0 Å². The quantitative estimate of drug-likeness (QED) is 0.702. The Hall–Kier alpha value is -0.650. The van der Waals surface area contributed by atoms with Crippen LogP contribution in [0.15, 0.2) is 0 Å². The van der Waals surface area contributed by atoms with Crippen molar-refractivity contribution in [2.24, 2.45) is 0 Å². The lowest BCUT2D eigenvalue weighted by Crippen LogP contribution is -2.53. The fraction of sp³-hybridized carbons (Fsp3) is 0.929. The molecule has 1 saturated heterocycles. The van der Waals surface area contributed by atoms with Crippen molar-refractivity contribution in [2.75, 3.05) is 39.9 Å². The van der Waals surface area contributed by atoms with Gasteiger partial charge in [-0.2, -0.15) is 0 Å². The summed E-state index contributed by atoms with van der Waals surface area (Å²) in [7, 11) is 1.44. The molecule has 2 unspecified atom stereocenters. The summed E-state index contributed by atoms with van der Waals surface area (Å²) in [5.41, 5.74) is -0.594. The van der Waals surface area contributed by atoms with E-state index in [2.05, 4.69) is 17.1 Å². The number of nitrogens with zero attached hydrogens (tertiary/aromatic N) is 1. The fourth-order valence-corrected chi connectivity index (χ4v) is 2.49. The van der Waals surface area contributed by atoms with Gasteiger partial charge in [-0.15, -0.1) is 0 Å². The van der Waals surface area contributed by atoms with Gasteiger partial charge in [0.25, 0.3) is 0 Å². The molecule has 0 aliphatic carbocycles. The third-order valence-corrected chi connectivity index (χ3v) is 3.81. The first-order valence-electron chi connectivity index (χ1n) is 7.23. The standard InChI is InChI=1S/C14H28N2O3/c1-5-12-11-16(9-10-19-12)8-7-14(3,15-6-2)13(17)18-4/h12,15H,5-11H2,1-4H3. The molecular weight excluding hydrogens is 244 g/mol. The predicted molar refractivity (Wildman–Crippen MR) is 75.2 cm³/mol. The summed E-state index contributed by atoms with van der Waals surface area (Å²) in [5.74, 6) is -0.186. The number of ether oxygens (including phenoxy) is 2. The second kappa shape index (κ2) is 7.82. The van der Waals surface area contributed by atoms with Crippen molar-refractivity contribution in [3.8, 4) is 0 Å². The molecular formula is C14H28N2O3. The Kier molecular flexibility index (Phi) is 6.75. The van der Waals surface area contributed by atoms with Crippen LogP contribution in [0, 0.1) is 0 Å². The van der Waals surface area contributed by atoms with Gasteiger partial charge >= 0.3 is 5.97 Å². The van der Waals surface area contributed by atoms with Gasteiger partial charge in [-0.3, -0.25) is 9.69 Å². The van der Waals surface area contributed by atoms with E-state index >= 15 is 0 Å². The largest absolute Gasteiger partial charge is 0.468 e. The number of nitrogens with one attached hydrogen (secondary N) is 1. The van der Waals surface area contributed by atoms with Gasteiger partial charge in [-0.1, -0.05) is 13.8 Å². The third-order valence-electron chi connectivity index (χ3n) is 3.81. The average molecular weight is 272 g/mol. The number of carbonyl (C=O) groups excluding carboxylic acids is 1. The van der Waals surface area contributed by atoms with Crippen LogP contribution in [0.25, 0.3) is 0 Å². The Morgan fingerprint density at radius 3 is 2.84 bits per heavy atom. The summed E-state index contributed by atoms with van der Waals surface area (Å²) < 4.78 is 10.6. The molecule has 0 spiro atoms. The summed E-state index contributed by atoms with van der Waals surface area (Å²) in [6, 6.07) is 0. The van der Waals surface area contributed by atoms with Crippen molar-refractivity contribution < 1.29 is 14.3 Å². The maximum absolute atomic E-state index is 11.9. The number of hydrogen-bond donors (Lipinski definition) is 1. The van der Waals surface area contributed by atoms with E-state index in [1.807, 2.05) is 13.8 Å². The number of methoxy groups -OCH3 is 1. The van der Waals surface area contributed by atoms with E-state index in [0.717, 1.165) is 45.6 Å². The molecule has 5 nitrogen and oxygen atoms in total. The Balaban J connectivity index is 2.49. The zero-order valence-electron chi connectivity index (χ0n) is 12.7. The van der Waals surface area contributed by atoms with Gasteiger partial charge in [0.1, 0.15) is 5.54 Å². The Morgan fingerprint density at radius 1 is 1.53 bits per heavy atom. The maximum atomic E-state index is 11.9. The first-order chi connectivity index (χ1) is 9.05. The highest BCUT2D eigenvalue weighted by atomic mass is 16.5. The number of morpholine rings is 1. The number of carbonyl (C=O) groups is 1. The van der Waals surface area contributed by atoms with Crippen LogP contribution in [0.3, 0.4) is 0 Å². The minimum Gasteiger partial charge on any atom is -0.468 e. The monoisotopic (exact) mass is 272 g/mol. The van der Waals surface area contributed by atoms with Crippen LogP contribution >= 0.6 is 0 Å². The highest BCUT2D eigenvalue weighted by Gasteiger charge is 2.34. The molecule has 19 heavy (non-hydrogen) atoms. The van der Waals surface area contributed by atoms with Crippen LogP contribution in [0.1, 0.15) is 33.6 Å². The first kappa shape index (κ1) is 16.4. The molecule has 0 saturated carbocycles. The Labute approximate surface area is 116 Å². The molecule has 112 valence electrons. The predicted octanol–water partition coefficient (Wildman–Crippen LogP) is 1.03. The maximum Gasteiger partial charge on any atom is 0.325 e. The SMILES string of the molecule is CCNC(C)(CCN1CCOC(CC)C1)C(=O)OC. The van der Waals surface area contributed by atoms with Crippen LogP contribution in [-0.2, 0) is 14.3 Å². The van der Waals surface area contributed by atoms with Crippen molar-refractivity contribution in [2.45, 2.75) is 45.3 Å². The molecule has 0 bridgehead atoms. The topological polar surface area (TPSA) is 50.8 Å². The first-order valence-corrected chi connectivity index (χ1v) is 7.23. The number of likely N-dealkylation sites (N-methyl/N-ethyl adjacent to an activating group) is 1. The van der Waals surface area contributed by atoms with Gasteiger partial charge in [-0.05, 0) is 26.3 Å². The molecule has 1 heterocycles. The normalized spacial score (nSPS) is 23.9. The lowest BCUT2D eigenvalue weighted by molar-refractivity contribution is -0.148. The summed E-state index contributed by atoms with van der Waals surface area (Å²) in [6.07, 6.45) is 2.12. The summed E-state index contributed by atoms with van der Waals surface area (Å²) in [5, 5.41) is 3.24. The molecule has 0 aromatic carbocycles. The zero-order valence-corrected chi connectivity index (χ0v) is 12.7. The van der Waals surface area contributed by atoms with Crippen LogP contribution in [0.5, 0.6) is 0 Å². The van der Waals surface area contributed by atoms with Crippen molar-refractivity contribution in [1.29, 1.82) is 0 Å².